The number of hydrogen-bond donors (Lipinski definition) is 0. The van der Waals surface area contributed by atoms with E-state index in [1.165, 1.54) is 12.3 Å². The highest BCUT2D eigenvalue weighted by Crippen LogP contribution is 2.67. The van der Waals surface area contributed by atoms with E-state index in [0.717, 1.165) is 0 Å². The van der Waals surface area contributed by atoms with Crippen molar-refractivity contribution in [1.29, 1.82) is 0 Å². The van der Waals surface area contributed by atoms with Crippen LogP contribution < -0.4 is 10.6 Å². The van der Waals surface area contributed by atoms with Gasteiger partial charge in [0.15, 0.2) is 0 Å². The highest BCUT2D eigenvalue weighted by atomic mass is 32.2. The molecule has 116 valence electrons. The summed E-state index contributed by atoms with van der Waals surface area (Å²) in [4.78, 5) is 0. The van der Waals surface area contributed by atoms with E-state index >= 15 is 0 Å². The molecule has 0 nitrogen and oxygen atoms in total. The Morgan fingerprint density at radius 2 is 1.05 bits per heavy atom. The number of thioether (sulfide) groups is 1. The molecule has 2 aromatic carbocycles. The van der Waals surface area contributed by atoms with E-state index in [0.29, 0.717) is 9.49 Å². The first-order valence-electron chi connectivity index (χ1n) is 8.02. The maximum Gasteiger partial charge on any atom is 0.0992 e. The summed E-state index contributed by atoms with van der Waals surface area (Å²) in [7, 11) is -1.36. The second-order valence-corrected chi connectivity index (χ2v) is 13.6. The average Bonchev–Trinajstić information content (AvgIpc) is 2.46. The summed E-state index contributed by atoms with van der Waals surface area (Å²) < 4.78 is 0.641. The van der Waals surface area contributed by atoms with E-state index in [9.17, 15) is 0 Å². The van der Waals surface area contributed by atoms with Gasteiger partial charge >= 0.3 is 0 Å². The van der Waals surface area contributed by atoms with Crippen LogP contribution in [0.3, 0.4) is 0 Å². The molecule has 1 fully saturated rings. The Morgan fingerprint density at radius 1 is 0.682 bits per heavy atom. The van der Waals surface area contributed by atoms with E-state index in [2.05, 4.69) is 100 Å². The minimum Gasteiger partial charge on any atom is -0.142 e. The van der Waals surface area contributed by atoms with Gasteiger partial charge in [0, 0.05) is 9.49 Å². The Labute approximate surface area is 140 Å². The molecule has 0 amide bonds. The Balaban J connectivity index is 2.20. The fourth-order valence-corrected chi connectivity index (χ4v) is 12.7. The Morgan fingerprint density at radius 3 is 1.41 bits per heavy atom. The van der Waals surface area contributed by atoms with E-state index in [1.807, 2.05) is 0 Å². The number of benzene rings is 2. The standard InChI is InChI=1S/C20H26PS/c1-19(2)15-21(16-20(3,4)22-19,17-11-7-5-8-12-17)18-13-9-6-10-14-18/h5-14H,15-16H2,1-4H3/q+1. The van der Waals surface area contributed by atoms with Crippen LogP contribution in [0.1, 0.15) is 27.7 Å². The van der Waals surface area contributed by atoms with Crippen LogP contribution in [0.5, 0.6) is 0 Å². The van der Waals surface area contributed by atoms with Gasteiger partial charge in [0.1, 0.15) is 0 Å². The first kappa shape index (κ1) is 16.1. The van der Waals surface area contributed by atoms with E-state index in [-0.39, 0.29) is 0 Å². The zero-order valence-electron chi connectivity index (χ0n) is 14.0. The molecule has 0 aliphatic carbocycles. The van der Waals surface area contributed by atoms with Gasteiger partial charge in [-0.2, -0.15) is 0 Å². The normalized spacial score (nSPS) is 22.2. The fourth-order valence-electron chi connectivity index (χ4n) is 4.11. The topological polar surface area (TPSA) is 0 Å². The van der Waals surface area contributed by atoms with Gasteiger partial charge in [-0.15, -0.1) is 11.8 Å². The van der Waals surface area contributed by atoms with Crippen molar-refractivity contribution in [3.63, 3.8) is 0 Å². The molecule has 0 saturated carbocycles. The predicted molar refractivity (Wildman–Crippen MR) is 105 cm³/mol. The van der Waals surface area contributed by atoms with Crippen LogP contribution >= 0.6 is 19.0 Å². The zero-order chi connectivity index (χ0) is 15.8. The second-order valence-electron chi connectivity index (χ2n) is 7.58. The molecule has 3 rings (SSSR count). The summed E-state index contributed by atoms with van der Waals surface area (Å²) in [6.45, 7) is 9.72. The molecule has 0 atom stereocenters. The molecular formula is C20H26PS+. The van der Waals surface area contributed by atoms with Gasteiger partial charge in [-0.1, -0.05) is 36.4 Å². The van der Waals surface area contributed by atoms with Gasteiger partial charge in [0.05, 0.1) is 30.2 Å². The molecule has 0 unspecified atom stereocenters. The molecular weight excluding hydrogens is 303 g/mol. The summed E-state index contributed by atoms with van der Waals surface area (Å²) in [5.74, 6) is 0. The van der Waals surface area contributed by atoms with Crippen molar-refractivity contribution in [2.24, 2.45) is 0 Å². The molecule has 1 aliphatic rings. The minimum atomic E-state index is -1.36. The molecule has 0 spiro atoms. The Bertz CT molecular complexity index is 574. The van der Waals surface area contributed by atoms with E-state index in [1.54, 1.807) is 10.6 Å². The van der Waals surface area contributed by atoms with Crippen molar-refractivity contribution in [2.45, 2.75) is 37.2 Å². The van der Waals surface area contributed by atoms with Crippen molar-refractivity contribution < 1.29 is 0 Å². The lowest BCUT2D eigenvalue weighted by Crippen LogP contribution is -2.46. The van der Waals surface area contributed by atoms with Crippen molar-refractivity contribution >= 4 is 29.6 Å². The first-order valence-corrected chi connectivity index (χ1v) is 11.0. The van der Waals surface area contributed by atoms with E-state index in [4.69, 9.17) is 0 Å². The summed E-state index contributed by atoms with van der Waals surface area (Å²) in [6.07, 6.45) is 2.59. The molecule has 0 radical (unpaired) electrons. The second kappa shape index (κ2) is 5.69. The van der Waals surface area contributed by atoms with Gasteiger partial charge < -0.3 is 0 Å². The third-order valence-corrected chi connectivity index (χ3v) is 11.4. The molecule has 2 aromatic rings. The molecule has 1 saturated heterocycles. The molecule has 0 bridgehead atoms. The minimum absolute atomic E-state index is 0.321. The van der Waals surface area contributed by atoms with Gasteiger partial charge in [0.2, 0.25) is 0 Å². The number of hydrogen-bond acceptors (Lipinski definition) is 1. The maximum atomic E-state index is 2.43. The molecule has 1 aliphatic heterocycles. The fraction of sp³-hybridized carbons (Fsp3) is 0.400. The van der Waals surface area contributed by atoms with Crippen molar-refractivity contribution in [3.8, 4) is 0 Å². The highest BCUT2D eigenvalue weighted by Gasteiger charge is 2.56. The molecule has 0 N–H and O–H groups in total. The molecule has 22 heavy (non-hydrogen) atoms. The third kappa shape index (κ3) is 3.12. The molecule has 1 heterocycles. The first-order chi connectivity index (χ1) is 10.3. The summed E-state index contributed by atoms with van der Waals surface area (Å²) in [5, 5.41) is 3.14. The summed E-state index contributed by atoms with van der Waals surface area (Å²) in [5.41, 5.74) is 0. The lowest BCUT2D eigenvalue weighted by atomic mass is 10.2. The van der Waals surface area contributed by atoms with Crippen LogP contribution in [0.4, 0.5) is 0 Å². The predicted octanol–water partition coefficient (Wildman–Crippen LogP) is 4.96. The summed E-state index contributed by atoms with van der Waals surface area (Å²) >= 11 is 2.17. The molecule has 2 heteroatoms. The highest BCUT2D eigenvalue weighted by molar-refractivity contribution is 8.05. The van der Waals surface area contributed by atoms with Crippen LogP contribution in [-0.2, 0) is 0 Å². The van der Waals surface area contributed by atoms with Crippen molar-refractivity contribution in [2.75, 3.05) is 12.3 Å². The van der Waals surface area contributed by atoms with Gasteiger partial charge in [-0.05, 0) is 52.0 Å². The smallest absolute Gasteiger partial charge is 0.0992 e. The largest absolute Gasteiger partial charge is 0.142 e. The lowest BCUT2D eigenvalue weighted by Gasteiger charge is -2.46. The average molecular weight is 329 g/mol. The van der Waals surface area contributed by atoms with Gasteiger partial charge in [-0.25, -0.2) is 0 Å². The van der Waals surface area contributed by atoms with Crippen LogP contribution in [0.15, 0.2) is 60.7 Å². The van der Waals surface area contributed by atoms with Crippen LogP contribution in [0, 0.1) is 0 Å². The SMILES string of the molecule is CC1(C)C[P+](c2ccccc2)(c2ccccc2)CC(C)(C)S1. The Hall–Kier alpha value is -0.780. The van der Waals surface area contributed by atoms with Crippen LogP contribution in [-0.4, -0.2) is 21.8 Å². The van der Waals surface area contributed by atoms with E-state index < -0.39 is 7.26 Å². The van der Waals surface area contributed by atoms with Crippen LogP contribution in [0.25, 0.3) is 0 Å². The summed E-state index contributed by atoms with van der Waals surface area (Å²) in [6, 6.07) is 22.6. The maximum absolute atomic E-state index is 2.43. The van der Waals surface area contributed by atoms with Crippen molar-refractivity contribution in [1.82, 2.24) is 0 Å². The number of rotatable bonds is 2. The quantitative estimate of drug-likeness (QED) is 0.702. The van der Waals surface area contributed by atoms with Crippen LogP contribution in [0.2, 0.25) is 0 Å². The van der Waals surface area contributed by atoms with Crippen molar-refractivity contribution in [3.05, 3.63) is 60.7 Å². The zero-order valence-corrected chi connectivity index (χ0v) is 15.8. The third-order valence-electron chi connectivity index (χ3n) is 4.35. The monoisotopic (exact) mass is 329 g/mol. The van der Waals surface area contributed by atoms with Gasteiger partial charge in [-0.3, -0.25) is 0 Å². The Kier molecular flexibility index (Phi) is 4.16. The molecule has 0 aromatic heterocycles. The van der Waals surface area contributed by atoms with Gasteiger partial charge in [0.25, 0.3) is 0 Å². The lowest BCUT2D eigenvalue weighted by molar-refractivity contribution is 0.721.